The molecule has 0 fully saturated rings. The molecule has 1 rings (SSSR count). The summed E-state index contributed by atoms with van der Waals surface area (Å²) in [6.07, 6.45) is 0. The van der Waals surface area contributed by atoms with Crippen LogP contribution in [0.4, 0.5) is 0 Å². The van der Waals surface area contributed by atoms with Gasteiger partial charge in [-0.2, -0.15) is 19.8 Å². The largest absolute Gasteiger partial charge is 0.378 e. The molecule has 0 bridgehead atoms. The zero-order valence-corrected chi connectivity index (χ0v) is 12.3. The molecule has 0 aliphatic rings. The van der Waals surface area contributed by atoms with E-state index in [2.05, 4.69) is 9.50 Å². The lowest BCUT2D eigenvalue weighted by Crippen LogP contribution is -2.27. The van der Waals surface area contributed by atoms with Gasteiger partial charge in [0.2, 0.25) is 0 Å². The lowest BCUT2D eigenvalue weighted by molar-refractivity contribution is 0.0922. The smallest absolute Gasteiger partial charge is 0.269 e. The third-order valence-corrected chi connectivity index (χ3v) is 4.04. The second-order valence-corrected chi connectivity index (χ2v) is 6.09. The van der Waals surface area contributed by atoms with Gasteiger partial charge in [0, 0.05) is 17.5 Å². The summed E-state index contributed by atoms with van der Waals surface area (Å²) in [5.74, 6) is -0.342. The van der Waals surface area contributed by atoms with Crippen molar-refractivity contribution in [3.05, 3.63) is 22.4 Å². The van der Waals surface area contributed by atoms with Crippen molar-refractivity contribution in [3.63, 3.8) is 0 Å². The highest BCUT2D eigenvalue weighted by Gasteiger charge is 2.09. The third kappa shape index (κ3) is 6.67. The highest BCUT2D eigenvalue weighted by atomic mass is 32.2. The van der Waals surface area contributed by atoms with Crippen molar-refractivity contribution in [2.75, 3.05) is 32.1 Å². The van der Waals surface area contributed by atoms with E-state index in [1.807, 2.05) is 5.38 Å². The van der Waals surface area contributed by atoms with Crippen molar-refractivity contribution in [1.29, 1.82) is 0 Å². The molecule has 0 saturated carbocycles. The first-order chi connectivity index (χ1) is 9.05. The number of amides is 1. The number of rotatable bonds is 9. The van der Waals surface area contributed by atoms with Gasteiger partial charge in [-0.15, -0.1) is 0 Å². The second-order valence-electron chi connectivity index (χ2n) is 3.55. The lowest BCUT2D eigenvalue weighted by atomic mass is 10.3. The van der Waals surface area contributed by atoms with Gasteiger partial charge >= 0.3 is 0 Å². The number of carbonyl (C=O) groups excluding carboxylic acids is 1. The van der Waals surface area contributed by atoms with Crippen LogP contribution < -0.4 is 5.32 Å². The average molecular weight is 307 g/mol. The van der Waals surface area contributed by atoms with E-state index in [0.29, 0.717) is 12.1 Å². The number of carbonyl (C=O) groups is 1. The highest BCUT2D eigenvalue weighted by Crippen LogP contribution is 2.04. The highest BCUT2D eigenvalue weighted by molar-refractivity contribution is 7.86. The van der Waals surface area contributed by atoms with Gasteiger partial charge < -0.3 is 10.1 Å². The van der Waals surface area contributed by atoms with Crippen LogP contribution in [-0.2, 0) is 19.0 Å². The molecule has 1 N–H and O–H groups in total. The van der Waals surface area contributed by atoms with Gasteiger partial charge in [0.15, 0.2) is 0 Å². The Labute approximate surface area is 116 Å². The number of nitrogens with one attached hydrogen (secondary N) is 1. The van der Waals surface area contributed by atoms with Gasteiger partial charge in [-0.25, -0.2) is 0 Å². The Hall–Kier alpha value is -0.960. The Kier molecular flexibility index (Phi) is 7.00. The van der Waals surface area contributed by atoms with Gasteiger partial charge in [-0.1, -0.05) is 0 Å². The SMILES string of the molecule is CCOS(=O)(=O)CCOCCNC(=O)c1ccsc1. The summed E-state index contributed by atoms with van der Waals surface area (Å²) in [7, 11) is -3.48. The fourth-order valence-electron chi connectivity index (χ4n) is 1.23. The number of hydrogen-bond acceptors (Lipinski definition) is 6. The minimum absolute atomic E-state index is 0.0522. The van der Waals surface area contributed by atoms with E-state index >= 15 is 0 Å². The van der Waals surface area contributed by atoms with Gasteiger partial charge in [0.1, 0.15) is 0 Å². The summed E-state index contributed by atoms with van der Waals surface area (Å²) in [6.45, 7) is 2.38. The number of ether oxygens (including phenoxy) is 1. The molecule has 6 nitrogen and oxygen atoms in total. The molecule has 0 aliphatic carbocycles. The average Bonchev–Trinajstić information content (AvgIpc) is 2.87. The van der Waals surface area contributed by atoms with Crippen molar-refractivity contribution in [2.45, 2.75) is 6.92 Å². The lowest BCUT2D eigenvalue weighted by Gasteiger charge is -2.06. The van der Waals surface area contributed by atoms with Crippen LogP contribution in [-0.4, -0.2) is 46.4 Å². The van der Waals surface area contributed by atoms with Crippen LogP contribution in [0.3, 0.4) is 0 Å². The molecule has 1 heterocycles. The van der Waals surface area contributed by atoms with Gasteiger partial charge in [-0.05, 0) is 18.4 Å². The van der Waals surface area contributed by atoms with Gasteiger partial charge in [0.25, 0.3) is 16.0 Å². The Morgan fingerprint density at radius 2 is 2.21 bits per heavy atom. The maximum atomic E-state index is 11.5. The first kappa shape index (κ1) is 16.1. The maximum Gasteiger partial charge on any atom is 0.269 e. The molecule has 0 aromatic carbocycles. The third-order valence-electron chi connectivity index (χ3n) is 2.09. The quantitative estimate of drug-likeness (QED) is 0.540. The zero-order valence-electron chi connectivity index (χ0n) is 10.6. The fourth-order valence-corrected chi connectivity index (χ4v) is 2.67. The molecular weight excluding hydrogens is 290 g/mol. The van der Waals surface area contributed by atoms with E-state index in [4.69, 9.17) is 4.74 Å². The first-order valence-corrected chi connectivity index (χ1v) is 8.32. The molecular formula is C11H17NO5S2. The van der Waals surface area contributed by atoms with Crippen molar-refractivity contribution in [1.82, 2.24) is 5.32 Å². The van der Waals surface area contributed by atoms with Crippen molar-refractivity contribution < 1.29 is 22.1 Å². The summed E-state index contributed by atoms with van der Waals surface area (Å²) >= 11 is 1.45. The van der Waals surface area contributed by atoms with Crippen LogP contribution in [0, 0.1) is 0 Å². The van der Waals surface area contributed by atoms with Gasteiger partial charge in [-0.3, -0.25) is 8.98 Å². The van der Waals surface area contributed by atoms with E-state index in [0.717, 1.165) is 0 Å². The molecule has 0 atom stereocenters. The monoisotopic (exact) mass is 307 g/mol. The molecule has 1 aromatic heterocycles. The Balaban J connectivity index is 2.07. The first-order valence-electron chi connectivity index (χ1n) is 5.80. The van der Waals surface area contributed by atoms with E-state index in [1.165, 1.54) is 11.3 Å². The molecule has 0 aliphatic heterocycles. The molecule has 0 unspecified atom stereocenters. The zero-order chi connectivity index (χ0) is 14.1. The van der Waals surface area contributed by atoms with E-state index in [9.17, 15) is 13.2 Å². The molecule has 1 amide bonds. The predicted molar refractivity (Wildman–Crippen MR) is 72.9 cm³/mol. The van der Waals surface area contributed by atoms with Crippen LogP contribution in [0.5, 0.6) is 0 Å². The molecule has 1 aromatic rings. The predicted octanol–water partition coefficient (Wildman–Crippen LogP) is 0.861. The normalized spacial score (nSPS) is 11.4. The summed E-state index contributed by atoms with van der Waals surface area (Å²) in [5, 5.41) is 6.25. The molecule has 0 spiro atoms. The van der Waals surface area contributed by atoms with Crippen molar-refractivity contribution in [3.8, 4) is 0 Å². The topological polar surface area (TPSA) is 81.7 Å². The summed E-state index contributed by atoms with van der Waals surface area (Å²) in [4.78, 5) is 11.5. The number of thiophene rings is 1. The van der Waals surface area contributed by atoms with Crippen molar-refractivity contribution >= 4 is 27.4 Å². The maximum absolute atomic E-state index is 11.5. The minimum atomic E-state index is -3.48. The Morgan fingerprint density at radius 1 is 1.42 bits per heavy atom. The molecule has 8 heteroatoms. The molecule has 108 valence electrons. The molecule has 0 saturated heterocycles. The van der Waals surface area contributed by atoms with Gasteiger partial charge in [0.05, 0.1) is 25.6 Å². The fraction of sp³-hybridized carbons (Fsp3) is 0.545. The minimum Gasteiger partial charge on any atom is -0.378 e. The summed E-state index contributed by atoms with van der Waals surface area (Å²) < 4.78 is 32.0. The van der Waals surface area contributed by atoms with Crippen LogP contribution in [0.15, 0.2) is 16.8 Å². The van der Waals surface area contributed by atoms with E-state index in [-0.39, 0.29) is 31.5 Å². The summed E-state index contributed by atoms with van der Waals surface area (Å²) in [5.41, 5.74) is 0.615. The second kappa shape index (κ2) is 8.26. The standard InChI is InChI=1S/C11H17NO5S2/c1-2-17-19(14,15)8-6-16-5-4-12-11(13)10-3-7-18-9-10/h3,7,9H,2,4-6,8H2,1H3,(H,12,13). The van der Waals surface area contributed by atoms with E-state index in [1.54, 1.807) is 18.4 Å². The van der Waals surface area contributed by atoms with Crippen LogP contribution >= 0.6 is 11.3 Å². The molecule has 19 heavy (non-hydrogen) atoms. The Bertz CT molecular complexity index is 469. The van der Waals surface area contributed by atoms with Crippen LogP contribution in [0.1, 0.15) is 17.3 Å². The van der Waals surface area contributed by atoms with Crippen LogP contribution in [0.2, 0.25) is 0 Å². The van der Waals surface area contributed by atoms with Crippen LogP contribution in [0.25, 0.3) is 0 Å². The summed E-state index contributed by atoms with van der Waals surface area (Å²) in [6, 6.07) is 1.73. The van der Waals surface area contributed by atoms with Crippen molar-refractivity contribution in [2.24, 2.45) is 0 Å². The van der Waals surface area contributed by atoms with E-state index < -0.39 is 10.1 Å². The molecule has 0 radical (unpaired) electrons. The Morgan fingerprint density at radius 3 is 2.84 bits per heavy atom. The number of hydrogen-bond donors (Lipinski definition) is 1.